The number of halogens is 1. The minimum Gasteiger partial charge on any atom is -0.444 e. The van der Waals surface area contributed by atoms with Crippen LogP contribution in [0.4, 0.5) is 15.3 Å². The van der Waals surface area contributed by atoms with E-state index in [1.807, 2.05) is 13.0 Å². The molecule has 0 saturated carbocycles. The molecular formula is C15H22ClN3O3. The molecule has 122 valence electrons. The molecule has 0 fully saturated rings. The fourth-order valence-corrected chi connectivity index (χ4v) is 1.68. The van der Waals surface area contributed by atoms with Crippen LogP contribution in [0, 0.1) is 6.92 Å². The molecule has 1 rings (SSSR count). The van der Waals surface area contributed by atoms with E-state index in [2.05, 4.69) is 16.0 Å². The lowest BCUT2D eigenvalue weighted by atomic mass is 10.2. The molecule has 0 aliphatic heterocycles. The monoisotopic (exact) mass is 327 g/mol. The maximum Gasteiger partial charge on any atom is 0.407 e. The number of hydrogen-bond acceptors (Lipinski definition) is 3. The average Bonchev–Trinajstić information content (AvgIpc) is 2.37. The average molecular weight is 328 g/mol. The normalized spacial score (nSPS) is 10.8. The molecule has 0 aliphatic rings. The van der Waals surface area contributed by atoms with Crippen molar-refractivity contribution in [1.29, 1.82) is 0 Å². The van der Waals surface area contributed by atoms with E-state index in [0.29, 0.717) is 10.7 Å². The first-order valence-corrected chi connectivity index (χ1v) is 7.33. The maximum atomic E-state index is 11.7. The van der Waals surface area contributed by atoms with Crippen LogP contribution in [-0.2, 0) is 4.74 Å². The van der Waals surface area contributed by atoms with E-state index in [1.54, 1.807) is 32.9 Å². The summed E-state index contributed by atoms with van der Waals surface area (Å²) in [5.41, 5.74) is 1.00. The number of alkyl carbamates (subject to hydrolysis) is 1. The Hall–Kier alpha value is -1.95. The third-order valence-corrected chi connectivity index (χ3v) is 2.92. The number of carbonyl (C=O) groups excluding carboxylic acids is 2. The predicted molar refractivity (Wildman–Crippen MR) is 87.4 cm³/mol. The Kier molecular flexibility index (Phi) is 6.49. The lowest BCUT2D eigenvalue weighted by Crippen LogP contribution is -2.39. The number of amides is 3. The van der Waals surface area contributed by atoms with E-state index in [9.17, 15) is 9.59 Å². The molecule has 0 saturated heterocycles. The molecule has 0 radical (unpaired) electrons. The molecule has 1 aromatic rings. The third-order valence-electron chi connectivity index (χ3n) is 2.51. The van der Waals surface area contributed by atoms with Gasteiger partial charge in [-0.2, -0.15) is 0 Å². The highest BCUT2D eigenvalue weighted by Gasteiger charge is 2.15. The van der Waals surface area contributed by atoms with Gasteiger partial charge in [0.2, 0.25) is 0 Å². The van der Waals surface area contributed by atoms with Crippen molar-refractivity contribution in [3.05, 3.63) is 28.8 Å². The fraction of sp³-hybridized carbons (Fsp3) is 0.467. The van der Waals surface area contributed by atoms with E-state index >= 15 is 0 Å². The Bertz CT molecular complexity index is 541. The highest BCUT2D eigenvalue weighted by atomic mass is 35.5. The van der Waals surface area contributed by atoms with Crippen LogP contribution in [0.2, 0.25) is 5.02 Å². The Morgan fingerprint density at radius 3 is 2.41 bits per heavy atom. The smallest absolute Gasteiger partial charge is 0.407 e. The molecule has 0 spiro atoms. The largest absolute Gasteiger partial charge is 0.444 e. The second-order valence-electron chi connectivity index (χ2n) is 5.77. The van der Waals surface area contributed by atoms with Crippen LogP contribution in [0.15, 0.2) is 18.2 Å². The summed E-state index contributed by atoms with van der Waals surface area (Å²) in [4.78, 5) is 23.1. The first-order chi connectivity index (χ1) is 10.2. The summed E-state index contributed by atoms with van der Waals surface area (Å²) in [7, 11) is 0. The van der Waals surface area contributed by atoms with Gasteiger partial charge in [-0.3, -0.25) is 0 Å². The molecule has 6 nitrogen and oxygen atoms in total. The number of aryl methyl sites for hydroxylation is 1. The number of urea groups is 1. The van der Waals surface area contributed by atoms with Crippen LogP contribution in [0.25, 0.3) is 0 Å². The molecule has 3 N–H and O–H groups in total. The second kappa shape index (κ2) is 7.89. The number of hydrogen-bond donors (Lipinski definition) is 3. The lowest BCUT2D eigenvalue weighted by molar-refractivity contribution is 0.0528. The Balaban J connectivity index is 2.26. The quantitative estimate of drug-likeness (QED) is 0.742. The summed E-state index contributed by atoms with van der Waals surface area (Å²) >= 11 is 5.98. The van der Waals surface area contributed by atoms with Gasteiger partial charge < -0.3 is 20.7 Å². The molecule has 0 unspecified atom stereocenters. The zero-order chi connectivity index (χ0) is 16.8. The van der Waals surface area contributed by atoms with E-state index in [-0.39, 0.29) is 19.1 Å². The van der Waals surface area contributed by atoms with Crippen LogP contribution in [0.5, 0.6) is 0 Å². The zero-order valence-corrected chi connectivity index (χ0v) is 14.0. The molecule has 3 amide bonds. The predicted octanol–water partition coefficient (Wildman–Crippen LogP) is 3.29. The summed E-state index contributed by atoms with van der Waals surface area (Å²) in [5, 5.41) is 8.42. The van der Waals surface area contributed by atoms with E-state index in [0.717, 1.165) is 5.56 Å². The van der Waals surface area contributed by atoms with E-state index in [4.69, 9.17) is 16.3 Å². The Morgan fingerprint density at radius 1 is 1.18 bits per heavy atom. The molecule has 0 bridgehead atoms. The summed E-state index contributed by atoms with van der Waals surface area (Å²) in [6.07, 6.45) is -0.514. The van der Waals surface area contributed by atoms with Crippen molar-refractivity contribution in [2.45, 2.75) is 33.3 Å². The third kappa shape index (κ3) is 7.17. The SMILES string of the molecule is Cc1ccc(NC(=O)NCCNC(=O)OC(C)(C)C)cc1Cl. The first kappa shape index (κ1) is 18.1. The van der Waals surface area contributed by atoms with Crippen LogP contribution in [0.3, 0.4) is 0 Å². The number of carbonyl (C=O) groups is 2. The Morgan fingerprint density at radius 2 is 1.82 bits per heavy atom. The topological polar surface area (TPSA) is 79.5 Å². The number of rotatable bonds is 4. The maximum absolute atomic E-state index is 11.7. The summed E-state index contributed by atoms with van der Waals surface area (Å²) < 4.78 is 5.07. The van der Waals surface area contributed by atoms with Crippen LogP contribution in [-0.4, -0.2) is 30.8 Å². The minimum atomic E-state index is -0.542. The van der Waals surface area contributed by atoms with Crippen LogP contribution >= 0.6 is 11.6 Å². The highest BCUT2D eigenvalue weighted by molar-refractivity contribution is 6.31. The Labute approximate surface area is 135 Å². The van der Waals surface area contributed by atoms with Crippen molar-refractivity contribution >= 4 is 29.4 Å². The second-order valence-corrected chi connectivity index (χ2v) is 6.18. The van der Waals surface area contributed by atoms with Crippen LogP contribution < -0.4 is 16.0 Å². The van der Waals surface area contributed by atoms with E-state index in [1.165, 1.54) is 0 Å². The van der Waals surface area contributed by atoms with Gasteiger partial charge in [0.1, 0.15) is 5.60 Å². The number of nitrogens with one attached hydrogen (secondary N) is 3. The van der Waals surface area contributed by atoms with Gasteiger partial charge in [0.15, 0.2) is 0 Å². The van der Waals surface area contributed by atoms with Gasteiger partial charge in [-0.15, -0.1) is 0 Å². The van der Waals surface area contributed by atoms with Gasteiger partial charge in [0.05, 0.1) is 0 Å². The van der Waals surface area contributed by atoms with Gasteiger partial charge in [0.25, 0.3) is 0 Å². The highest BCUT2D eigenvalue weighted by Crippen LogP contribution is 2.19. The number of benzene rings is 1. The molecule has 7 heteroatoms. The van der Waals surface area contributed by atoms with Crippen molar-refractivity contribution in [3.8, 4) is 0 Å². The van der Waals surface area contributed by atoms with Crippen molar-refractivity contribution in [1.82, 2.24) is 10.6 Å². The molecule has 22 heavy (non-hydrogen) atoms. The van der Waals surface area contributed by atoms with Crippen molar-refractivity contribution in [2.75, 3.05) is 18.4 Å². The van der Waals surface area contributed by atoms with Crippen molar-refractivity contribution in [3.63, 3.8) is 0 Å². The van der Waals surface area contributed by atoms with Gasteiger partial charge in [-0.25, -0.2) is 9.59 Å². The summed E-state index contributed by atoms with van der Waals surface area (Å²) in [6, 6.07) is 4.89. The van der Waals surface area contributed by atoms with Gasteiger partial charge in [0, 0.05) is 23.8 Å². The van der Waals surface area contributed by atoms with Gasteiger partial charge in [-0.05, 0) is 45.4 Å². The standard InChI is InChI=1S/C15H22ClN3O3/c1-10-5-6-11(9-12(10)16)19-13(20)17-7-8-18-14(21)22-15(2,3)4/h5-6,9H,7-8H2,1-4H3,(H,18,21)(H2,17,19,20). The molecule has 1 aromatic carbocycles. The van der Waals surface area contributed by atoms with Crippen molar-refractivity contribution in [2.24, 2.45) is 0 Å². The van der Waals surface area contributed by atoms with Gasteiger partial charge >= 0.3 is 12.1 Å². The summed E-state index contributed by atoms with van der Waals surface area (Å²) in [5.74, 6) is 0. The molecule has 0 atom stereocenters. The summed E-state index contributed by atoms with van der Waals surface area (Å²) in [6.45, 7) is 7.79. The number of anilines is 1. The minimum absolute atomic E-state index is 0.275. The number of ether oxygens (including phenoxy) is 1. The molecule has 0 aromatic heterocycles. The molecule has 0 aliphatic carbocycles. The fourth-order valence-electron chi connectivity index (χ4n) is 1.50. The lowest BCUT2D eigenvalue weighted by Gasteiger charge is -2.19. The van der Waals surface area contributed by atoms with Crippen LogP contribution in [0.1, 0.15) is 26.3 Å². The van der Waals surface area contributed by atoms with E-state index < -0.39 is 11.7 Å². The van der Waals surface area contributed by atoms with Crippen molar-refractivity contribution < 1.29 is 14.3 Å². The molecule has 0 heterocycles. The molecular weight excluding hydrogens is 306 g/mol. The first-order valence-electron chi connectivity index (χ1n) is 6.95. The zero-order valence-electron chi connectivity index (χ0n) is 13.2. The van der Waals surface area contributed by atoms with Gasteiger partial charge in [-0.1, -0.05) is 17.7 Å².